The number of hydrogen-bond acceptors (Lipinski definition) is 6. The van der Waals surface area contributed by atoms with E-state index in [0.717, 1.165) is 0 Å². The van der Waals surface area contributed by atoms with Gasteiger partial charge in [-0.3, -0.25) is 10.1 Å². The van der Waals surface area contributed by atoms with E-state index >= 15 is 0 Å². The van der Waals surface area contributed by atoms with Crippen LogP contribution in [0.3, 0.4) is 0 Å². The summed E-state index contributed by atoms with van der Waals surface area (Å²) in [6, 6.07) is -0.846. The molecule has 5 N–H and O–H groups in total. The summed E-state index contributed by atoms with van der Waals surface area (Å²) >= 11 is 4.11. The van der Waals surface area contributed by atoms with Crippen LogP contribution < -0.4 is 10.6 Å². The Balaban J connectivity index is 4.66. The van der Waals surface area contributed by atoms with Gasteiger partial charge >= 0.3 is 7.12 Å². The Morgan fingerprint density at radius 2 is 1.79 bits per heavy atom. The molecule has 0 bridgehead atoms. The molecule has 0 aliphatic carbocycles. The lowest BCUT2D eigenvalue weighted by Crippen LogP contribution is -2.57. The number of aliphatic hydroxyl groups is 1. The molecule has 1 unspecified atom stereocenters. The van der Waals surface area contributed by atoms with Crippen molar-refractivity contribution in [3.05, 3.63) is 0 Å². The highest BCUT2D eigenvalue weighted by atomic mass is 32.1. The van der Waals surface area contributed by atoms with Crippen LogP contribution in [-0.4, -0.2) is 51.6 Å². The van der Waals surface area contributed by atoms with E-state index in [-0.39, 0.29) is 11.3 Å². The van der Waals surface area contributed by atoms with Crippen molar-refractivity contribution in [3.8, 4) is 0 Å². The molecule has 0 radical (unpaired) electrons. The Hall–Kier alpha value is -0.275. The standard InChI is InChI=1S/C11H25BN2O4S/c1-6(2)5-9(12(17)18)14-11(16)10(7(3)15)13-8(4)19/h6-10,13,15,17-19H,5H2,1-4H3,(H,14,16)/t7-,8?,9+,10+/m1/s1. The highest BCUT2D eigenvalue weighted by molar-refractivity contribution is 7.80. The summed E-state index contributed by atoms with van der Waals surface area (Å²) in [6.07, 6.45) is -0.475. The Bertz CT molecular complexity index is 277. The van der Waals surface area contributed by atoms with Gasteiger partial charge < -0.3 is 20.5 Å². The Labute approximate surface area is 120 Å². The first-order valence-electron chi connectivity index (χ1n) is 6.43. The summed E-state index contributed by atoms with van der Waals surface area (Å²) in [7, 11) is -1.63. The quantitative estimate of drug-likeness (QED) is 0.199. The maximum absolute atomic E-state index is 12.0. The van der Waals surface area contributed by atoms with E-state index in [2.05, 4.69) is 23.3 Å². The molecule has 4 atom stereocenters. The zero-order valence-corrected chi connectivity index (χ0v) is 12.8. The van der Waals surface area contributed by atoms with Crippen LogP contribution in [0.1, 0.15) is 34.1 Å². The number of rotatable bonds is 8. The van der Waals surface area contributed by atoms with E-state index < -0.39 is 31.1 Å². The van der Waals surface area contributed by atoms with Crippen molar-refractivity contribution < 1.29 is 19.9 Å². The van der Waals surface area contributed by atoms with Crippen LogP contribution in [0.25, 0.3) is 0 Å². The molecule has 0 aliphatic rings. The minimum Gasteiger partial charge on any atom is -0.426 e. The number of amides is 1. The van der Waals surface area contributed by atoms with Crippen LogP contribution in [-0.2, 0) is 4.79 Å². The first-order chi connectivity index (χ1) is 8.65. The Morgan fingerprint density at radius 1 is 1.26 bits per heavy atom. The van der Waals surface area contributed by atoms with Gasteiger partial charge in [-0.1, -0.05) is 13.8 Å². The minimum absolute atomic E-state index is 0.203. The fraction of sp³-hybridized carbons (Fsp3) is 0.909. The molecule has 8 heteroatoms. The van der Waals surface area contributed by atoms with Crippen LogP contribution in [0.5, 0.6) is 0 Å². The molecule has 0 rings (SSSR count). The fourth-order valence-electron chi connectivity index (χ4n) is 1.73. The maximum Gasteiger partial charge on any atom is 0.475 e. The van der Waals surface area contributed by atoms with Crippen molar-refractivity contribution in [2.45, 2.75) is 57.6 Å². The highest BCUT2D eigenvalue weighted by Crippen LogP contribution is 2.07. The molecule has 0 aromatic rings. The van der Waals surface area contributed by atoms with E-state index in [0.29, 0.717) is 6.42 Å². The topological polar surface area (TPSA) is 102 Å². The molecule has 1 amide bonds. The van der Waals surface area contributed by atoms with E-state index in [1.54, 1.807) is 6.92 Å². The van der Waals surface area contributed by atoms with Crippen LogP contribution >= 0.6 is 12.6 Å². The van der Waals surface area contributed by atoms with Gasteiger partial charge in [-0.2, -0.15) is 12.6 Å². The van der Waals surface area contributed by atoms with Gasteiger partial charge in [0.25, 0.3) is 0 Å². The second-order valence-corrected chi connectivity index (χ2v) is 5.99. The van der Waals surface area contributed by atoms with Crippen LogP contribution in [0.4, 0.5) is 0 Å². The predicted octanol–water partition coefficient (Wildman–Crippen LogP) is -0.856. The van der Waals surface area contributed by atoms with Gasteiger partial charge in [-0.25, -0.2) is 0 Å². The second-order valence-electron chi connectivity index (χ2n) is 5.22. The summed E-state index contributed by atoms with van der Waals surface area (Å²) in [6.45, 7) is 7.06. The van der Waals surface area contributed by atoms with E-state index in [4.69, 9.17) is 0 Å². The van der Waals surface area contributed by atoms with E-state index in [9.17, 15) is 19.9 Å². The molecular weight excluding hydrogens is 267 g/mol. The number of thiol groups is 1. The largest absolute Gasteiger partial charge is 0.475 e. The van der Waals surface area contributed by atoms with Crippen molar-refractivity contribution in [1.82, 2.24) is 10.6 Å². The van der Waals surface area contributed by atoms with Crippen molar-refractivity contribution in [2.75, 3.05) is 0 Å². The summed E-state index contributed by atoms with van der Waals surface area (Å²) < 4.78 is 0. The monoisotopic (exact) mass is 292 g/mol. The van der Waals surface area contributed by atoms with E-state index in [1.165, 1.54) is 6.92 Å². The van der Waals surface area contributed by atoms with Gasteiger partial charge in [0, 0.05) is 5.37 Å². The first kappa shape index (κ1) is 18.7. The number of carbonyl (C=O) groups excluding carboxylic acids is 1. The molecule has 0 aromatic carbocycles. The molecule has 112 valence electrons. The lowest BCUT2D eigenvalue weighted by molar-refractivity contribution is -0.126. The zero-order chi connectivity index (χ0) is 15.2. The van der Waals surface area contributed by atoms with Crippen molar-refractivity contribution >= 4 is 25.7 Å². The third kappa shape index (κ3) is 7.79. The predicted molar refractivity (Wildman–Crippen MR) is 78.6 cm³/mol. The first-order valence-corrected chi connectivity index (χ1v) is 6.95. The Morgan fingerprint density at radius 3 is 2.11 bits per heavy atom. The van der Waals surface area contributed by atoms with Crippen LogP contribution in [0, 0.1) is 5.92 Å². The SMILES string of the molecule is CC(C)C[C@H](NC(=O)[C@@H](NC(C)S)[C@@H](C)O)B(O)O. The minimum atomic E-state index is -1.63. The number of carbonyl (C=O) groups is 1. The number of nitrogens with one attached hydrogen (secondary N) is 2. The van der Waals surface area contributed by atoms with Crippen LogP contribution in [0.15, 0.2) is 0 Å². The highest BCUT2D eigenvalue weighted by Gasteiger charge is 2.31. The van der Waals surface area contributed by atoms with Gasteiger partial charge in [0.05, 0.1) is 12.0 Å². The molecule has 0 saturated carbocycles. The van der Waals surface area contributed by atoms with Gasteiger partial charge in [-0.05, 0) is 26.2 Å². The van der Waals surface area contributed by atoms with Gasteiger partial charge in [0.2, 0.25) is 5.91 Å². The number of hydrogen-bond donors (Lipinski definition) is 6. The third-order valence-corrected chi connectivity index (χ3v) is 2.75. The second kappa shape index (κ2) is 8.81. The third-order valence-electron chi connectivity index (χ3n) is 2.60. The molecule has 0 spiro atoms. The fourth-order valence-corrected chi connectivity index (χ4v) is 1.89. The van der Waals surface area contributed by atoms with Crippen molar-refractivity contribution in [1.29, 1.82) is 0 Å². The molecular formula is C11H25BN2O4S. The Kier molecular flexibility index (Phi) is 8.68. The van der Waals surface area contributed by atoms with Gasteiger partial charge in [0.1, 0.15) is 6.04 Å². The summed E-state index contributed by atoms with van der Waals surface area (Å²) in [5.74, 6) is -1.03. The average Bonchev–Trinajstić information content (AvgIpc) is 2.23. The molecule has 0 aliphatic heterocycles. The molecule has 0 heterocycles. The lowest BCUT2D eigenvalue weighted by atomic mass is 9.75. The van der Waals surface area contributed by atoms with E-state index in [1.807, 2.05) is 13.8 Å². The van der Waals surface area contributed by atoms with Crippen molar-refractivity contribution in [3.63, 3.8) is 0 Å². The van der Waals surface area contributed by atoms with Gasteiger partial charge in [-0.15, -0.1) is 0 Å². The molecule has 0 saturated heterocycles. The summed E-state index contributed by atoms with van der Waals surface area (Å²) in [5, 5.41) is 33.2. The molecule has 0 fully saturated rings. The zero-order valence-electron chi connectivity index (χ0n) is 11.9. The maximum atomic E-state index is 12.0. The molecule has 6 nitrogen and oxygen atoms in total. The summed E-state index contributed by atoms with van der Waals surface area (Å²) in [4.78, 5) is 12.0. The number of aliphatic hydroxyl groups excluding tert-OH is 1. The van der Waals surface area contributed by atoms with Crippen molar-refractivity contribution in [2.24, 2.45) is 5.92 Å². The normalized spacial score (nSPS) is 17.7. The van der Waals surface area contributed by atoms with Crippen LogP contribution in [0.2, 0.25) is 0 Å². The summed E-state index contributed by atoms with van der Waals surface area (Å²) in [5.41, 5.74) is 0. The smallest absolute Gasteiger partial charge is 0.426 e. The van der Waals surface area contributed by atoms with Gasteiger partial charge in [0.15, 0.2) is 0 Å². The molecule has 19 heavy (non-hydrogen) atoms. The molecule has 0 aromatic heterocycles. The average molecular weight is 292 g/mol. The lowest BCUT2D eigenvalue weighted by Gasteiger charge is -2.26.